The van der Waals surface area contributed by atoms with Crippen molar-refractivity contribution in [2.75, 3.05) is 6.61 Å². The highest BCUT2D eigenvalue weighted by atomic mass is 32.2. The van der Waals surface area contributed by atoms with Gasteiger partial charge in [0.05, 0.1) is 11.5 Å². The first kappa shape index (κ1) is 13.1. The average Bonchev–Trinajstić information content (AvgIpc) is 2.38. The van der Waals surface area contributed by atoms with E-state index in [9.17, 15) is 8.42 Å². The zero-order chi connectivity index (χ0) is 13.0. The fraction of sp³-hybridized carbons (Fsp3) is 0.286. The van der Waals surface area contributed by atoms with Crippen LogP contribution < -0.4 is 0 Å². The number of hydrogen-bond donors (Lipinski definition) is 0. The third-order valence-electron chi connectivity index (χ3n) is 2.75. The van der Waals surface area contributed by atoms with Gasteiger partial charge < -0.3 is 0 Å². The van der Waals surface area contributed by atoms with Crippen molar-refractivity contribution in [3.05, 3.63) is 42.5 Å². The first-order chi connectivity index (χ1) is 8.63. The van der Waals surface area contributed by atoms with Crippen LogP contribution in [0.4, 0.5) is 0 Å². The maximum Gasteiger partial charge on any atom is 0.296 e. The van der Waals surface area contributed by atoms with E-state index < -0.39 is 10.1 Å². The predicted molar refractivity (Wildman–Crippen MR) is 72.0 cm³/mol. The first-order valence-corrected chi connectivity index (χ1v) is 7.42. The molecule has 0 heterocycles. The van der Waals surface area contributed by atoms with Crippen molar-refractivity contribution in [2.24, 2.45) is 0 Å². The van der Waals surface area contributed by atoms with E-state index in [1.165, 1.54) is 0 Å². The van der Waals surface area contributed by atoms with E-state index in [0.29, 0.717) is 0 Å². The number of hydrogen-bond acceptors (Lipinski definition) is 3. The highest BCUT2D eigenvalue weighted by Crippen LogP contribution is 2.20. The maximum absolute atomic E-state index is 11.9. The van der Waals surface area contributed by atoms with Gasteiger partial charge in [0, 0.05) is 0 Å². The minimum atomic E-state index is -3.62. The van der Waals surface area contributed by atoms with Gasteiger partial charge in [-0.1, -0.05) is 43.7 Å². The molecule has 0 aromatic heterocycles. The van der Waals surface area contributed by atoms with E-state index in [4.69, 9.17) is 4.18 Å². The summed E-state index contributed by atoms with van der Waals surface area (Å²) in [4.78, 5) is 0.220. The molecule has 2 rings (SSSR count). The van der Waals surface area contributed by atoms with Gasteiger partial charge in [-0.2, -0.15) is 8.42 Å². The summed E-state index contributed by atoms with van der Waals surface area (Å²) in [6, 6.07) is 12.7. The minimum Gasteiger partial charge on any atom is -0.266 e. The summed E-state index contributed by atoms with van der Waals surface area (Å²) >= 11 is 0. The van der Waals surface area contributed by atoms with Gasteiger partial charge in [-0.3, -0.25) is 4.18 Å². The molecule has 4 heteroatoms. The molecular formula is C14H16O3S. The smallest absolute Gasteiger partial charge is 0.266 e. The van der Waals surface area contributed by atoms with Crippen LogP contribution in [0.15, 0.2) is 47.4 Å². The largest absolute Gasteiger partial charge is 0.296 e. The Morgan fingerprint density at radius 3 is 2.50 bits per heavy atom. The summed E-state index contributed by atoms with van der Waals surface area (Å²) in [5.41, 5.74) is 0. The van der Waals surface area contributed by atoms with Gasteiger partial charge >= 0.3 is 0 Å². The van der Waals surface area contributed by atoms with E-state index in [0.717, 1.165) is 23.6 Å². The Balaban J connectivity index is 2.30. The molecule has 3 nitrogen and oxygen atoms in total. The Hall–Kier alpha value is -1.39. The van der Waals surface area contributed by atoms with Crippen molar-refractivity contribution in [1.29, 1.82) is 0 Å². The topological polar surface area (TPSA) is 43.4 Å². The molecule has 0 amide bonds. The molecular weight excluding hydrogens is 248 g/mol. The van der Waals surface area contributed by atoms with Crippen molar-refractivity contribution < 1.29 is 12.6 Å². The van der Waals surface area contributed by atoms with Crippen LogP contribution in [0.3, 0.4) is 0 Å². The lowest BCUT2D eigenvalue weighted by Crippen LogP contribution is -2.07. The molecule has 0 aliphatic heterocycles. The van der Waals surface area contributed by atoms with E-state index in [2.05, 4.69) is 0 Å². The van der Waals surface area contributed by atoms with Gasteiger partial charge in [0.25, 0.3) is 10.1 Å². The standard InChI is InChI=1S/C14H16O3S/c1-2-3-10-17-18(15,16)14-9-8-12-6-4-5-7-13(12)11-14/h4-9,11H,2-3,10H2,1H3. The zero-order valence-electron chi connectivity index (χ0n) is 10.3. The number of rotatable bonds is 5. The molecule has 0 saturated heterocycles. The maximum atomic E-state index is 11.9. The molecule has 0 saturated carbocycles. The summed E-state index contributed by atoms with van der Waals surface area (Å²) < 4.78 is 28.8. The van der Waals surface area contributed by atoms with Crippen LogP contribution in [-0.4, -0.2) is 15.0 Å². The van der Waals surface area contributed by atoms with Crippen LogP contribution in [0.25, 0.3) is 10.8 Å². The molecule has 0 radical (unpaired) electrons. The van der Waals surface area contributed by atoms with Crippen molar-refractivity contribution in [1.82, 2.24) is 0 Å². The third-order valence-corrected chi connectivity index (χ3v) is 4.05. The predicted octanol–water partition coefficient (Wildman–Crippen LogP) is 3.35. The van der Waals surface area contributed by atoms with Crippen LogP contribution in [0.2, 0.25) is 0 Å². The lowest BCUT2D eigenvalue weighted by Gasteiger charge is -2.06. The molecule has 0 aliphatic carbocycles. The molecule has 2 aromatic rings. The highest BCUT2D eigenvalue weighted by molar-refractivity contribution is 7.86. The SMILES string of the molecule is CCCCOS(=O)(=O)c1ccc2ccccc2c1. The number of unbranched alkanes of at least 4 members (excludes halogenated alkanes) is 1. The van der Waals surface area contributed by atoms with Crippen LogP contribution in [-0.2, 0) is 14.3 Å². The summed E-state index contributed by atoms with van der Waals surface area (Å²) in [6.45, 7) is 2.23. The summed E-state index contributed by atoms with van der Waals surface area (Å²) in [6.07, 6.45) is 1.65. The number of benzene rings is 2. The van der Waals surface area contributed by atoms with E-state index in [-0.39, 0.29) is 11.5 Å². The quantitative estimate of drug-likeness (QED) is 0.614. The van der Waals surface area contributed by atoms with Crippen LogP contribution in [0, 0.1) is 0 Å². The van der Waals surface area contributed by atoms with Crippen LogP contribution in [0.5, 0.6) is 0 Å². The highest BCUT2D eigenvalue weighted by Gasteiger charge is 2.14. The number of fused-ring (bicyclic) bond motifs is 1. The van der Waals surface area contributed by atoms with Gasteiger partial charge in [0.2, 0.25) is 0 Å². The van der Waals surface area contributed by atoms with Crippen molar-refractivity contribution >= 4 is 20.9 Å². The molecule has 0 unspecified atom stereocenters. The normalized spacial score (nSPS) is 11.8. The summed E-state index contributed by atoms with van der Waals surface area (Å²) in [7, 11) is -3.62. The fourth-order valence-electron chi connectivity index (χ4n) is 1.70. The lowest BCUT2D eigenvalue weighted by molar-refractivity contribution is 0.311. The van der Waals surface area contributed by atoms with Crippen LogP contribution >= 0.6 is 0 Å². The van der Waals surface area contributed by atoms with Gasteiger partial charge in [0.1, 0.15) is 0 Å². The second-order valence-electron chi connectivity index (χ2n) is 4.14. The Kier molecular flexibility index (Phi) is 3.99. The molecule has 18 heavy (non-hydrogen) atoms. The van der Waals surface area contributed by atoms with E-state index in [1.807, 2.05) is 31.2 Å². The molecule has 2 aromatic carbocycles. The molecule has 0 fully saturated rings. The second kappa shape index (κ2) is 5.50. The van der Waals surface area contributed by atoms with E-state index >= 15 is 0 Å². The Bertz CT molecular complexity index is 632. The molecule has 0 atom stereocenters. The fourth-order valence-corrected chi connectivity index (χ4v) is 2.68. The van der Waals surface area contributed by atoms with Gasteiger partial charge in [-0.05, 0) is 29.3 Å². The van der Waals surface area contributed by atoms with Crippen molar-refractivity contribution in [3.63, 3.8) is 0 Å². The average molecular weight is 264 g/mol. The molecule has 96 valence electrons. The third kappa shape index (κ3) is 2.89. The van der Waals surface area contributed by atoms with Crippen molar-refractivity contribution in [2.45, 2.75) is 24.7 Å². The Morgan fingerprint density at radius 2 is 1.78 bits per heavy atom. The zero-order valence-corrected chi connectivity index (χ0v) is 11.1. The molecule has 0 spiro atoms. The van der Waals surface area contributed by atoms with Crippen LogP contribution in [0.1, 0.15) is 19.8 Å². The van der Waals surface area contributed by atoms with Gasteiger partial charge in [-0.25, -0.2) is 0 Å². The minimum absolute atomic E-state index is 0.220. The Labute approximate surface area is 108 Å². The lowest BCUT2D eigenvalue weighted by atomic mass is 10.1. The monoisotopic (exact) mass is 264 g/mol. The summed E-state index contributed by atoms with van der Waals surface area (Å²) in [5.74, 6) is 0. The van der Waals surface area contributed by atoms with Gasteiger partial charge in [0.15, 0.2) is 0 Å². The molecule has 0 bridgehead atoms. The Morgan fingerprint density at radius 1 is 1.06 bits per heavy atom. The molecule has 0 aliphatic rings. The molecule has 0 N–H and O–H groups in total. The van der Waals surface area contributed by atoms with E-state index in [1.54, 1.807) is 18.2 Å². The first-order valence-electron chi connectivity index (χ1n) is 6.02. The second-order valence-corrected chi connectivity index (χ2v) is 5.75. The van der Waals surface area contributed by atoms with Crippen molar-refractivity contribution in [3.8, 4) is 0 Å². The van der Waals surface area contributed by atoms with Gasteiger partial charge in [-0.15, -0.1) is 0 Å². The summed E-state index contributed by atoms with van der Waals surface area (Å²) in [5, 5.41) is 1.92.